The molecule has 0 amide bonds. The fraction of sp³-hybridized carbons (Fsp3) is 0.600. The van der Waals surface area contributed by atoms with Crippen LogP contribution in [0.15, 0.2) is 60.7 Å². The van der Waals surface area contributed by atoms with E-state index in [0.717, 1.165) is 22.5 Å². The molecule has 0 aromatic heterocycles. The first-order valence-corrected chi connectivity index (χ1v) is 23.2. The van der Waals surface area contributed by atoms with Crippen molar-refractivity contribution >= 4 is 44.3 Å². The SMILES string of the molecule is OC1C(c2ccc3cccc4c3c2NC(C2CCCCC2)(C2CCCCC2)N4)C(O)C1c1ccc2cccc3c2c1NC(C1CCCCC1)(C1CCCCC1)N3. The molecule has 56 heavy (non-hydrogen) atoms. The zero-order chi connectivity index (χ0) is 37.4. The molecule has 0 bridgehead atoms. The molecule has 0 saturated heterocycles. The third kappa shape index (κ3) is 5.47. The minimum Gasteiger partial charge on any atom is -0.392 e. The summed E-state index contributed by atoms with van der Waals surface area (Å²) in [5, 5.41) is 47.2. The van der Waals surface area contributed by atoms with Gasteiger partial charge in [-0.25, -0.2) is 0 Å². The third-order valence-electron chi connectivity index (χ3n) is 16.7. The van der Waals surface area contributed by atoms with Gasteiger partial charge in [-0.3, -0.25) is 0 Å². The highest BCUT2D eigenvalue weighted by Gasteiger charge is 2.56. The van der Waals surface area contributed by atoms with E-state index in [-0.39, 0.29) is 23.2 Å². The number of benzene rings is 4. The molecule has 6 N–H and O–H groups in total. The Morgan fingerprint density at radius 3 is 1.07 bits per heavy atom. The summed E-state index contributed by atoms with van der Waals surface area (Å²) >= 11 is 0. The first kappa shape index (κ1) is 35.7. The standard InChI is InChI=1S/C50H64N4O2/c55-47-43(37-29-27-31-15-13-25-39-41(31)45(37)53-49(51-39,33-17-5-1-6-18-33)34-19-7-2-8-20-34)48(56)44(47)38-30-28-32-16-14-26-40-42(32)46(38)54-50(52-40,35-21-9-3-10-22-35)36-23-11-4-12-24-36/h13-16,25-30,33-36,43-44,47-48,51-56H,1-12,17-24H2. The molecule has 7 aliphatic rings. The molecule has 5 fully saturated rings. The molecule has 4 aromatic carbocycles. The molecule has 4 aromatic rings. The van der Waals surface area contributed by atoms with E-state index in [2.05, 4.69) is 81.9 Å². The van der Waals surface area contributed by atoms with E-state index >= 15 is 0 Å². The van der Waals surface area contributed by atoms with Gasteiger partial charge in [0.1, 0.15) is 11.3 Å². The van der Waals surface area contributed by atoms with Gasteiger partial charge in [0.25, 0.3) is 0 Å². The Balaban J connectivity index is 0.992. The van der Waals surface area contributed by atoms with Crippen molar-refractivity contribution in [3.8, 4) is 0 Å². The average molecular weight is 753 g/mol. The van der Waals surface area contributed by atoms with Crippen LogP contribution in [0.5, 0.6) is 0 Å². The lowest BCUT2D eigenvalue weighted by atomic mass is 9.61. The van der Waals surface area contributed by atoms with E-state index < -0.39 is 12.2 Å². The zero-order valence-electron chi connectivity index (χ0n) is 33.4. The summed E-state index contributed by atoms with van der Waals surface area (Å²) in [5.74, 6) is 1.46. The quantitative estimate of drug-likeness (QED) is 0.118. The van der Waals surface area contributed by atoms with Gasteiger partial charge in [-0.15, -0.1) is 0 Å². The van der Waals surface area contributed by atoms with Gasteiger partial charge in [0.05, 0.1) is 12.2 Å². The fourth-order valence-corrected chi connectivity index (χ4v) is 13.9. The van der Waals surface area contributed by atoms with Crippen LogP contribution in [0, 0.1) is 23.7 Å². The van der Waals surface area contributed by atoms with Crippen molar-refractivity contribution in [2.45, 2.75) is 164 Å². The van der Waals surface area contributed by atoms with Crippen molar-refractivity contribution in [2.24, 2.45) is 23.7 Å². The van der Waals surface area contributed by atoms with Crippen LogP contribution in [-0.4, -0.2) is 33.7 Å². The predicted molar refractivity (Wildman–Crippen MR) is 232 cm³/mol. The molecule has 6 nitrogen and oxygen atoms in total. The number of anilines is 4. The van der Waals surface area contributed by atoms with Gasteiger partial charge in [0.2, 0.25) is 0 Å². The lowest BCUT2D eigenvalue weighted by Gasteiger charge is -2.55. The molecular formula is C50H64N4O2. The summed E-state index contributed by atoms with van der Waals surface area (Å²) in [6, 6.07) is 22.4. The van der Waals surface area contributed by atoms with Gasteiger partial charge in [-0.05, 0) is 85.4 Å². The number of nitrogens with one attached hydrogen (secondary N) is 4. The molecular weight excluding hydrogens is 689 g/mol. The summed E-state index contributed by atoms with van der Waals surface area (Å²) in [7, 11) is 0. The molecule has 0 radical (unpaired) electrons. The second-order valence-electron chi connectivity index (χ2n) is 19.5. The first-order valence-electron chi connectivity index (χ1n) is 23.2. The molecule has 0 spiro atoms. The van der Waals surface area contributed by atoms with E-state index in [1.165, 1.54) is 161 Å². The molecule has 6 heteroatoms. The van der Waals surface area contributed by atoms with Crippen molar-refractivity contribution in [1.82, 2.24) is 0 Å². The summed E-state index contributed by atoms with van der Waals surface area (Å²) in [5.41, 5.74) is 6.51. The molecule has 2 aliphatic heterocycles. The first-order chi connectivity index (χ1) is 27.6. The molecule has 0 atom stereocenters. The summed E-state index contributed by atoms with van der Waals surface area (Å²) < 4.78 is 0. The maximum atomic E-state index is 12.6. The Bertz CT molecular complexity index is 1890. The number of hydrogen-bond acceptors (Lipinski definition) is 6. The second kappa shape index (κ2) is 14.1. The van der Waals surface area contributed by atoms with Crippen LogP contribution in [0.1, 0.15) is 151 Å². The molecule has 5 aliphatic carbocycles. The van der Waals surface area contributed by atoms with Gasteiger partial charge in [-0.1, -0.05) is 126 Å². The van der Waals surface area contributed by atoms with Gasteiger partial charge in [-0.2, -0.15) is 0 Å². The number of hydrogen-bond donors (Lipinski definition) is 6. The Kier molecular flexibility index (Phi) is 8.99. The third-order valence-corrected chi connectivity index (χ3v) is 16.7. The molecule has 0 unspecified atom stereocenters. The topological polar surface area (TPSA) is 88.6 Å². The Labute approximate surface area is 334 Å². The van der Waals surface area contributed by atoms with E-state index in [4.69, 9.17) is 0 Å². The maximum Gasteiger partial charge on any atom is 0.113 e. The molecule has 5 saturated carbocycles. The smallest absolute Gasteiger partial charge is 0.113 e. The van der Waals surface area contributed by atoms with E-state index in [1.54, 1.807) is 0 Å². The van der Waals surface area contributed by atoms with E-state index in [0.29, 0.717) is 23.7 Å². The van der Waals surface area contributed by atoms with Crippen molar-refractivity contribution in [3.63, 3.8) is 0 Å². The molecule has 2 heterocycles. The Morgan fingerprint density at radius 1 is 0.393 bits per heavy atom. The van der Waals surface area contributed by atoms with Crippen molar-refractivity contribution in [1.29, 1.82) is 0 Å². The van der Waals surface area contributed by atoms with E-state index in [9.17, 15) is 10.2 Å². The van der Waals surface area contributed by atoms with Crippen molar-refractivity contribution in [2.75, 3.05) is 21.3 Å². The zero-order valence-corrected chi connectivity index (χ0v) is 33.4. The minimum absolute atomic E-state index is 0.214. The second-order valence-corrected chi connectivity index (χ2v) is 19.5. The van der Waals surface area contributed by atoms with Gasteiger partial charge < -0.3 is 31.5 Å². The van der Waals surface area contributed by atoms with Crippen LogP contribution >= 0.6 is 0 Å². The highest BCUT2D eigenvalue weighted by atomic mass is 16.3. The molecule has 296 valence electrons. The number of aliphatic hydroxyl groups excluding tert-OH is 2. The van der Waals surface area contributed by atoms with Crippen molar-refractivity contribution < 1.29 is 10.2 Å². The fourth-order valence-electron chi connectivity index (χ4n) is 13.9. The predicted octanol–water partition coefficient (Wildman–Crippen LogP) is 12.0. The van der Waals surface area contributed by atoms with Crippen molar-refractivity contribution in [3.05, 3.63) is 71.8 Å². The largest absolute Gasteiger partial charge is 0.392 e. The van der Waals surface area contributed by atoms with Gasteiger partial charge >= 0.3 is 0 Å². The highest BCUT2D eigenvalue weighted by Crippen LogP contribution is 2.59. The molecule has 11 rings (SSSR count). The van der Waals surface area contributed by atoms with Gasteiger partial charge in [0.15, 0.2) is 0 Å². The summed E-state index contributed by atoms with van der Waals surface area (Å²) in [4.78, 5) is 0. The number of rotatable bonds is 6. The van der Waals surface area contributed by atoms with Crippen LogP contribution in [0.2, 0.25) is 0 Å². The Hall–Kier alpha value is -3.48. The summed E-state index contributed by atoms with van der Waals surface area (Å²) in [6.07, 6.45) is 24.3. The van der Waals surface area contributed by atoms with E-state index in [1.807, 2.05) is 0 Å². The maximum absolute atomic E-state index is 12.6. The normalized spacial score (nSPS) is 29.5. The summed E-state index contributed by atoms with van der Waals surface area (Å²) in [6.45, 7) is 0. The monoisotopic (exact) mass is 753 g/mol. The van der Waals surface area contributed by atoms with Crippen LogP contribution in [-0.2, 0) is 0 Å². The van der Waals surface area contributed by atoms with Crippen LogP contribution in [0.4, 0.5) is 22.7 Å². The van der Waals surface area contributed by atoms with Crippen LogP contribution in [0.3, 0.4) is 0 Å². The Morgan fingerprint density at radius 2 is 0.732 bits per heavy atom. The van der Waals surface area contributed by atoms with Gasteiger partial charge in [0, 0.05) is 69.0 Å². The van der Waals surface area contributed by atoms with Crippen LogP contribution < -0.4 is 21.3 Å². The average Bonchev–Trinajstić information content (AvgIpc) is 3.26. The lowest BCUT2D eigenvalue weighted by Crippen LogP contribution is -2.61. The van der Waals surface area contributed by atoms with Crippen LogP contribution in [0.25, 0.3) is 21.5 Å². The highest BCUT2D eigenvalue weighted by molar-refractivity contribution is 6.08. The number of aliphatic hydroxyl groups is 2. The minimum atomic E-state index is -0.697. The lowest BCUT2D eigenvalue weighted by molar-refractivity contribution is -0.0781.